The van der Waals surface area contributed by atoms with Crippen molar-refractivity contribution in [1.29, 1.82) is 0 Å². The molecule has 0 radical (unpaired) electrons. The fourth-order valence-electron chi connectivity index (χ4n) is 2.92. The molecule has 25 heavy (non-hydrogen) atoms. The largest absolute Gasteiger partial charge is 0.507 e. The molecule has 0 atom stereocenters. The zero-order chi connectivity index (χ0) is 17.6. The van der Waals surface area contributed by atoms with Gasteiger partial charge in [0.15, 0.2) is 12.4 Å². The Morgan fingerprint density at radius 3 is 2.44 bits per heavy atom. The fraction of sp³-hybridized carbons (Fsp3) is 0.300. The van der Waals surface area contributed by atoms with E-state index in [1.165, 1.54) is 12.1 Å². The van der Waals surface area contributed by atoms with Crippen molar-refractivity contribution >= 4 is 11.7 Å². The van der Waals surface area contributed by atoms with E-state index in [1.54, 1.807) is 11.0 Å². The molecule has 0 saturated carbocycles. The quantitative estimate of drug-likeness (QED) is 0.822. The lowest BCUT2D eigenvalue weighted by molar-refractivity contribution is -0.132. The van der Waals surface area contributed by atoms with Gasteiger partial charge in [-0.2, -0.15) is 0 Å². The summed E-state index contributed by atoms with van der Waals surface area (Å²) >= 11 is 0. The Kier molecular flexibility index (Phi) is 5.33. The number of benzene rings is 2. The molecule has 2 aromatic carbocycles. The number of phenolic OH excluding ortho intramolecular Hbond substituents is 1. The van der Waals surface area contributed by atoms with Crippen LogP contribution in [0.5, 0.6) is 11.5 Å². The van der Waals surface area contributed by atoms with E-state index in [0.29, 0.717) is 5.75 Å². The molecule has 0 aliphatic carbocycles. The van der Waals surface area contributed by atoms with Gasteiger partial charge in [-0.25, -0.2) is 0 Å². The molecule has 2 aromatic rings. The first-order valence-corrected chi connectivity index (χ1v) is 8.44. The van der Waals surface area contributed by atoms with Crippen LogP contribution in [-0.4, -0.2) is 41.4 Å². The van der Waals surface area contributed by atoms with Crippen molar-refractivity contribution in [2.45, 2.75) is 19.3 Å². The van der Waals surface area contributed by atoms with Crippen molar-refractivity contribution in [3.05, 3.63) is 59.7 Å². The normalized spacial score (nSPS) is 13.7. The third-order valence-electron chi connectivity index (χ3n) is 4.30. The number of phenols is 1. The Balaban J connectivity index is 1.60. The molecule has 1 N–H and O–H groups in total. The molecule has 1 fully saturated rings. The summed E-state index contributed by atoms with van der Waals surface area (Å²) in [5.41, 5.74) is 1.14. The highest BCUT2D eigenvalue weighted by Crippen LogP contribution is 2.25. The highest BCUT2D eigenvalue weighted by molar-refractivity contribution is 6.00. The number of aromatic hydroxyl groups is 1. The zero-order valence-corrected chi connectivity index (χ0v) is 14.0. The summed E-state index contributed by atoms with van der Waals surface area (Å²) < 4.78 is 5.45. The van der Waals surface area contributed by atoms with Crippen LogP contribution in [0.15, 0.2) is 48.5 Å². The van der Waals surface area contributed by atoms with Gasteiger partial charge in [0.25, 0.3) is 5.91 Å². The van der Waals surface area contributed by atoms with E-state index in [1.807, 2.05) is 30.3 Å². The molecule has 0 unspecified atom stereocenters. The highest BCUT2D eigenvalue weighted by Gasteiger charge is 2.18. The third kappa shape index (κ3) is 4.38. The van der Waals surface area contributed by atoms with Gasteiger partial charge < -0.3 is 14.7 Å². The maximum atomic E-state index is 12.3. The van der Waals surface area contributed by atoms with Gasteiger partial charge >= 0.3 is 0 Å². The molecule has 5 nitrogen and oxygen atoms in total. The number of amides is 1. The monoisotopic (exact) mass is 339 g/mol. The zero-order valence-electron chi connectivity index (χ0n) is 14.0. The fourth-order valence-corrected chi connectivity index (χ4v) is 2.92. The number of carbonyl (C=O) groups excluding carboxylic acids is 2. The maximum absolute atomic E-state index is 12.3. The lowest BCUT2D eigenvalue weighted by atomic mass is 10.0. The number of rotatable bonds is 6. The standard InChI is InChI=1S/C20H21NO4/c22-18(12-15-6-2-1-3-7-15)17-9-8-16(13-19(17)23)25-14-20(24)21-10-4-5-11-21/h1-3,6-9,13,23H,4-5,10-12,14H2. The van der Waals surface area contributed by atoms with E-state index in [2.05, 4.69) is 0 Å². The Bertz CT molecular complexity index is 752. The van der Waals surface area contributed by atoms with Crippen molar-refractivity contribution in [3.8, 4) is 11.5 Å². The van der Waals surface area contributed by atoms with Gasteiger partial charge in [0.05, 0.1) is 5.56 Å². The van der Waals surface area contributed by atoms with E-state index < -0.39 is 0 Å². The van der Waals surface area contributed by atoms with Crippen LogP contribution < -0.4 is 4.74 Å². The molecule has 3 rings (SSSR count). The highest BCUT2D eigenvalue weighted by atomic mass is 16.5. The molecule has 0 aromatic heterocycles. The first-order chi connectivity index (χ1) is 12.1. The van der Waals surface area contributed by atoms with Crippen molar-refractivity contribution in [3.63, 3.8) is 0 Å². The first kappa shape index (κ1) is 17.0. The van der Waals surface area contributed by atoms with Crippen LogP contribution in [0.1, 0.15) is 28.8 Å². The molecule has 0 bridgehead atoms. The second-order valence-electron chi connectivity index (χ2n) is 6.14. The van der Waals surface area contributed by atoms with Gasteiger partial charge in [-0.1, -0.05) is 30.3 Å². The molecule has 5 heteroatoms. The number of ketones is 1. The van der Waals surface area contributed by atoms with Crippen molar-refractivity contribution in [1.82, 2.24) is 4.90 Å². The number of ether oxygens (including phenoxy) is 1. The van der Waals surface area contributed by atoms with Crippen LogP contribution >= 0.6 is 0 Å². The molecule has 0 spiro atoms. The van der Waals surface area contributed by atoms with Crippen molar-refractivity contribution in [2.75, 3.05) is 19.7 Å². The number of hydrogen-bond acceptors (Lipinski definition) is 4. The average molecular weight is 339 g/mol. The SMILES string of the molecule is O=C(Cc1ccccc1)c1ccc(OCC(=O)N2CCCC2)cc1O. The van der Waals surface area contributed by atoms with Gasteiger partial charge in [0.2, 0.25) is 0 Å². The molecular formula is C20H21NO4. The Morgan fingerprint density at radius 2 is 1.76 bits per heavy atom. The summed E-state index contributed by atoms with van der Waals surface area (Å²) in [7, 11) is 0. The topological polar surface area (TPSA) is 66.8 Å². The third-order valence-corrected chi connectivity index (χ3v) is 4.30. The minimum atomic E-state index is -0.164. The second-order valence-corrected chi connectivity index (χ2v) is 6.14. The van der Waals surface area contributed by atoms with Crippen LogP contribution in [0, 0.1) is 0 Å². The van der Waals surface area contributed by atoms with Gasteiger partial charge in [0.1, 0.15) is 11.5 Å². The van der Waals surface area contributed by atoms with Crippen LogP contribution in [0.25, 0.3) is 0 Å². The van der Waals surface area contributed by atoms with E-state index in [4.69, 9.17) is 4.74 Å². The van der Waals surface area contributed by atoms with E-state index >= 15 is 0 Å². The first-order valence-electron chi connectivity index (χ1n) is 8.44. The summed E-state index contributed by atoms with van der Waals surface area (Å²) in [6.07, 6.45) is 2.29. The minimum absolute atomic E-state index is 0.0544. The molecule has 130 valence electrons. The number of hydrogen-bond donors (Lipinski definition) is 1. The number of Topliss-reactive ketones (excluding diaryl/α,β-unsaturated/α-hetero) is 1. The van der Waals surface area contributed by atoms with Gasteiger partial charge in [0, 0.05) is 25.6 Å². The number of nitrogens with zero attached hydrogens (tertiary/aromatic N) is 1. The van der Waals surface area contributed by atoms with Crippen molar-refractivity contribution in [2.24, 2.45) is 0 Å². The number of likely N-dealkylation sites (tertiary alicyclic amines) is 1. The summed E-state index contributed by atoms with van der Waals surface area (Å²) in [5, 5.41) is 10.1. The Labute approximate surface area is 146 Å². The van der Waals surface area contributed by atoms with Crippen LogP contribution in [0.3, 0.4) is 0 Å². The molecule has 1 heterocycles. The molecular weight excluding hydrogens is 318 g/mol. The van der Waals surface area contributed by atoms with Crippen molar-refractivity contribution < 1.29 is 19.4 Å². The minimum Gasteiger partial charge on any atom is -0.507 e. The lowest BCUT2D eigenvalue weighted by Crippen LogP contribution is -2.32. The molecule has 1 aliphatic rings. The van der Waals surface area contributed by atoms with Crippen LogP contribution in [-0.2, 0) is 11.2 Å². The molecule has 1 amide bonds. The number of carbonyl (C=O) groups is 2. The summed E-state index contributed by atoms with van der Waals surface area (Å²) in [6, 6.07) is 13.9. The van der Waals surface area contributed by atoms with Gasteiger partial charge in [-0.15, -0.1) is 0 Å². The smallest absolute Gasteiger partial charge is 0.260 e. The van der Waals surface area contributed by atoms with E-state index in [0.717, 1.165) is 31.5 Å². The lowest BCUT2D eigenvalue weighted by Gasteiger charge is -2.15. The van der Waals surface area contributed by atoms with E-state index in [-0.39, 0.29) is 36.0 Å². The maximum Gasteiger partial charge on any atom is 0.260 e. The predicted molar refractivity (Wildman–Crippen MR) is 93.9 cm³/mol. The van der Waals surface area contributed by atoms with Gasteiger partial charge in [-0.05, 0) is 30.5 Å². The average Bonchev–Trinajstić information content (AvgIpc) is 3.15. The summed E-state index contributed by atoms with van der Waals surface area (Å²) in [5.74, 6) is 0.0259. The summed E-state index contributed by atoms with van der Waals surface area (Å²) in [4.78, 5) is 26.1. The Morgan fingerprint density at radius 1 is 1.04 bits per heavy atom. The predicted octanol–water partition coefficient (Wildman–Crippen LogP) is 2.82. The molecule has 1 aliphatic heterocycles. The summed E-state index contributed by atoms with van der Waals surface area (Å²) in [6.45, 7) is 1.50. The Hall–Kier alpha value is -2.82. The van der Waals surface area contributed by atoms with Crippen LogP contribution in [0.2, 0.25) is 0 Å². The second kappa shape index (κ2) is 7.83. The molecule has 1 saturated heterocycles. The van der Waals surface area contributed by atoms with Gasteiger partial charge in [-0.3, -0.25) is 9.59 Å². The van der Waals surface area contributed by atoms with Crippen LogP contribution in [0.4, 0.5) is 0 Å². The van der Waals surface area contributed by atoms with E-state index in [9.17, 15) is 14.7 Å².